The number of benzene rings is 2. The van der Waals surface area contributed by atoms with E-state index in [0.717, 1.165) is 5.69 Å². The fourth-order valence-corrected chi connectivity index (χ4v) is 3.11. The van der Waals surface area contributed by atoms with Gasteiger partial charge in [0.05, 0.1) is 11.4 Å². The summed E-state index contributed by atoms with van der Waals surface area (Å²) >= 11 is 0. The molecule has 0 saturated carbocycles. The Morgan fingerprint density at radius 1 is 1.06 bits per heavy atom. The molecule has 1 aromatic heterocycles. The van der Waals surface area contributed by atoms with Gasteiger partial charge in [-0.3, -0.25) is 9.48 Å². The van der Waals surface area contributed by atoms with E-state index in [1.807, 2.05) is 87.6 Å². The molecular weight excluding hydrogens is 581 g/mol. The molecule has 32 heavy (non-hydrogen) atoms. The zero-order valence-corrected chi connectivity index (χ0v) is 21.0. The first-order valence-electron chi connectivity index (χ1n) is 10.1. The Balaban J connectivity index is 0.000000255. The number of carbonyl (C=O) groups excluding carboxylic acids is 1. The maximum atomic E-state index is 12.4. The third kappa shape index (κ3) is 6.49. The van der Waals surface area contributed by atoms with Gasteiger partial charge in [0.1, 0.15) is 11.3 Å². The minimum atomic E-state index is -0.268. The van der Waals surface area contributed by atoms with Crippen molar-refractivity contribution in [2.45, 2.75) is 34.1 Å². The van der Waals surface area contributed by atoms with Crippen molar-refractivity contribution in [2.24, 2.45) is 10.5 Å². The van der Waals surface area contributed by atoms with E-state index < -0.39 is 0 Å². The summed E-state index contributed by atoms with van der Waals surface area (Å²) in [5.41, 5.74) is 2.47. The molecule has 1 amide bonds. The van der Waals surface area contributed by atoms with E-state index in [1.54, 1.807) is 17.8 Å². The number of nitrogens with zero attached hydrogens (tertiary/aromatic N) is 4. The zero-order chi connectivity index (χ0) is 22.4. The number of carbonyl (C=O) groups is 1. The molecule has 0 atom stereocenters. The van der Waals surface area contributed by atoms with E-state index >= 15 is 0 Å². The second-order valence-electron chi connectivity index (χ2n) is 8.40. The molecule has 0 spiro atoms. The Morgan fingerprint density at radius 3 is 2.31 bits per heavy atom. The number of amides is 1. The van der Waals surface area contributed by atoms with Crippen molar-refractivity contribution in [3.8, 4) is 5.69 Å². The molecule has 0 bridgehead atoms. The fourth-order valence-electron chi connectivity index (χ4n) is 3.11. The van der Waals surface area contributed by atoms with Crippen LogP contribution in [0.5, 0.6) is 0 Å². The molecule has 1 radical (unpaired) electrons. The number of hydrazone groups is 1. The van der Waals surface area contributed by atoms with Gasteiger partial charge in [0.15, 0.2) is 0 Å². The van der Waals surface area contributed by atoms with Gasteiger partial charge in [0.25, 0.3) is 5.91 Å². The summed E-state index contributed by atoms with van der Waals surface area (Å²) in [5, 5.41) is 19.9. The summed E-state index contributed by atoms with van der Waals surface area (Å²) in [6, 6.07) is 21.9. The van der Waals surface area contributed by atoms with Crippen LogP contribution in [0, 0.1) is 11.5 Å². The van der Waals surface area contributed by atoms with Crippen molar-refractivity contribution < 1.29 is 30.0 Å². The van der Waals surface area contributed by atoms with Crippen molar-refractivity contribution >= 4 is 17.3 Å². The van der Waals surface area contributed by atoms with Crippen LogP contribution in [-0.2, 0) is 24.9 Å². The predicted molar refractivity (Wildman–Crippen MR) is 123 cm³/mol. The normalized spacial score (nSPS) is 14.8. The monoisotopic (exact) mass is 608 g/mol. The summed E-state index contributed by atoms with van der Waals surface area (Å²) in [6.45, 7) is 7.80. The molecule has 6 nitrogen and oxygen atoms in total. The van der Waals surface area contributed by atoms with Crippen LogP contribution in [0.3, 0.4) is 0 Å². The van der Waals surface area contributed by atoms with Crippen molar-refractivity contribution in [1.82, 2.24) is 9.78 Å². The number of aliphatic hydroxyl groups excluding tert-OH is 1. The van der Waals surface area contributed by atoms with E-state index in [0.29, 0.717) is 23.4 Å². The smallest absolute Gasteiger partial charge is 0.284 e. The summed E-state index contributed by atoms with van der Waals surface area (Å²) in [7, 11) is 0. The third-order valence-electron chi connectivity index (χ3n) is 4.45. The Bertz CT molecular complexity index is 1070. The maximum absolute atomic E-state index is 12.4. The standard InChI is InChI=1S/C16H20N2O2.C9H7N2.Ir/c1-11-14(13(19)10-16(2,3)4)15(20)18(17-11)12-8-6-5-7-9-12;1-2-5-9(6-3-1)11-8-4-7-10-11;/h5-9,19H,10H2,1-4H3;1-5,7-8H;/q;-1;/b14-13-;;. The van der Waals surface area contributed by atoms with Crippen LogP contribution >= 0.6 is 0 Å². The number of para-hydroxylation sites is 2. The molecule has 7 heteroatoms. The molecule has 2 heterocycles. The molecule has 1 N–H and O–H groups in total. The summed E-state index contributed by atoms with van der Waals surface area (Å²) < 4.78 is 1.78. The Morgan fingerprint density at radius 2 is 1.75 bits per heavy atom. The Kier molecular flexibility index (Phi) is 8.70. The molecule has 0 fully saturated rings. The summed E-state index contributed by atoms with van der Waals surface area (Å²) in [5.74, 6) is -0.155. The number of rotatable bonds is 3. The van der Waals surface area contributed by atoms with E-state index in [-0.39, 0.29) is 37.2 Å². The number of allylic oxidation sites excluding steroid dienone is 1. The zero-order valence-electron chi connectivity index (χ0n) is 18.6. The SMILES string of the molecule is CC1=NN(c2ccccc2)C(=O)/C1=C(\O)CC(C)(C)C.[Ir].[c-]1ccccc1-n1cccn1. The van der Waals surface area contributed by atoms with Gasteiger partial charge in [0.2, 0.25) is 0 Å². The number of aromatic nitrogens is 2. The predicted octanol–water partition coefficient (Wildman–Crippen LogP) is 5.33. The molecule has 4 rings (SSSR count). The van der Waals surface area contributed by atoms with Crippen molar-refractivity contribution in [3.63, 3.8) is 0 Å². The van der Waals surface area contributed by atoms with E-state index in [1.165, 1.54) is 5.01 Å². The Labute approximate surface area is 202 Å². The van der Waals surface area contributed by atoms with Crippen molar-refractivity contribution in [2.75, 3.05) is 5.01 Å². The van der Waals surface area contributed by atoms with Crippen LogP contribution in [0.15, 0.2) is 89.5 Å². The largest absolute Gasteiger partial charge is 0.511 e. The molecule has 2 aromatic carbocycles. The van der Waals surface area contributed by atoms with Gasteiger partial charge in [0, 0.05) is 38.9 Å². The molecule has 0 saturated heterocycles. The first-order chi connectivity index (χ1) is 14.8. The van der Waals surface area contributed by atoms with Gasteiger partial charge < -0.3 is 5.11 Å². The molecular formula is C25H27IrN4O2-. The van der Waals surface area contributed by atoms with E-state index in [4.69, 9.17) is 0 Å². The minimum Gasteiger partial charge on any atom is -0.511 e. The number of aliphatic hydroxyl groups is 1. The third-order valence-corrected chi connectivity index (χ3v) is 4.45. The van der Waals surface area contributed by atoms with Gasteiger partial charge in [-0.15, -0.1) is 6.07 Å². The Hall–Kier alpha value is -3.02. The van der Waals surface area contributed by atoms with Gasteiger partial charge >= 0.3 is 0 Å². The fraction of sp³-hybridized carbons (Fsp3) is 0.240. The summed E-state index contributed by atoms with van der Waals surface area (Å²) in [6.07, 6.45) is 4.09. The quantitative estimate of drug-likeness (QED) is 0.249. The molecule has 0 unspecified atom stereocenters. The molecule has 0 aliphatic carbocycles. The van der Waals surface area contributed by atoms with E-state index in [9.17, 15) is 9.90 Å². The molecule has 3 aromatic rings. The number of anilines is 1. The first kappa shape index (κ1) is 25.2. The van der Waals surface area contributed by atoms with Crippen LogP contribution in [0.25, 0.3) is 5.69 Å². The van der Waals surface area contributed by atoms with Crippen LogP contribution < -0.4 is 5.01 Å². The topological polar surface area (TPSA) is 70.7 Å². The van der Waals surface area contributed by atoms with Crippen LogP contribution in [0.4, 0.5) is 5.69 Å². The molecule has 1 aliphatic heterocycles. The van der Waals surface area contributed by atoms with Gasteiger partial charge in [-0.05, 0) is 36.2 Å². The maximum Gasteiger partial charge on any atom is 0.284 e. The number of hydrogen-bond donors (Lipinski definition) is 1. The molecule has 1 aliphatic rings. The van der Waals surface area contributed by atoms with Crippen molar-refractivity contribution in [1.29, 1.82) is 0 Å². The van der Waals surface area contributed by atoms with Gasteiger partial charge in [-0.1, -0.05) is 39.0 Å². The molecule has 169 valence electrons. The summed E-state index contributed by atoms with van der Waals surface area (Å²) in [4.78, 5) is 12.4. The second-order valence-corrected chi connectivity index (χ2v) is 8.40. The van der Waals surface area contributed by atoms with Gasteiger partial charge in [-0.2, -0.15) is 39.5 Å². The van der Waals surface area contributed by atoms with Crippen molar-refractivity contribution in [3.05, 3.63) is 90.5 Å². The second kappa shape index (κ2) is 11.0. The van der Waals surface area contributed by atoms with Gasteiger partial charge in [-0.25, -0.2) is 0 Å². The minimum absolute atomic E-state index is 0. The van der Waals surface area contributed by atoms with E-state index in [2.05, 4.69) is 16.3 Å². The van der Waals surface area contributed by atoms with Crippen LogP contribution in [-0.4, -0.2) is 26.5 Å². The average molecular weight is 608 g/mol. The van der Waals surface area contributed by atoms with Crippen LogP contribution in [0.1, 0.15) is 34.1 Å². The van der Waals surface area contributed by atoms with Crippen LogP contribution in [0.2, 0.25) is 0 Å². The average Bonchev–Trinajstić information content (AvgIpc) is 3.37. The first-order valence-corrected chi connectivity index (χ1v) is 10.1. The number of hydrogen-bond acceptors (Lipinski definition) is 4.